The maximum absolute atomic E-state index is 12.6. The molecule has 1 heterocycles. The number of ether oxygens (including phenoxy) is 2. The molecule has 3 rings (SSSR count). The van der Waals surface area contributed by atoms with Gasteiger partial charge in [0.2, 0.25) is 11.8 Å². The van der Waals surface area contributed by atoms with Gasteiger partial charge in [-0.15, -0.1) is 0 Å². The second kappa shape index (κ2) is 8.78. The van der Waals surface area contributed by atoms with Crippen LogP contribution in [0.15, 0.2) is 48.5 Å². The third-order valence-corrected chi connectivity index (χ3v) is 4.66. The van der Waals surface area contributed by atoms with Crippen LogP contribution in [0.4, 0.5) is 5.69 Å². The van der Waals surface area contributed by atoms with E-state index in [1.54, 1.807) is 12.0 Å². The van der Waals surface area contributed by atoms with Gasteiger partial charge in [0, 0.05) is 30.8 Å². The van der Waals surface area contributed by atoms with Crippen LogP contribution in [-0.2, 0) is 16.1 Å². The predicted octanol–water partition coefficient (Wildman–Crippen LogP) is 3.15. The van der Waals surface area contributed by atoms with E-state index in [0.29, 0.717) is 13.1 Å². The highest BCUT2D eigenvalue weighted by atomic mass is 16.5. The van der Waals surface area contributed by atoms with Crippen molar-refractivity contribution >= 4 is 17.5 Å². The highest BCUT2D eigenvalue weighted by Gasteiger charge is 2.35. The molecule has 1 fully saturated rings. The monoisotopic (exact) mass is 382 g/mol. The number of hydrogen-bond donors (Lipinski definition) is 1. The fourth-order valence-electron chi connectivity index (χ4n) is 3.29. The third kappa shape index (κ3) is 4.63. The summed E-state index contributed by atoms with van der Waals surface area (Å²) < 4.78 is 10.9. The molecular formula is C22H26N2O4. The van der Waals surface area contributed by atoms with Crippen molar-refractivity contribution in [1.29, 1.82) is 0 Å². The van der Waals surface area contributed by atoms with Crippen molar-refractivity contribution in [3.63, 3.8) is 0 Å². The number of methoxy groups -OCH3 is 1. The molecule has 1 N–H and O–H groups in total. The van der Waals surface area contributed by atoms with Gasteiger partial charge in [0.05, 0.1) is 19.1 Å². The standard InChI is InChI=1S/C22H26N2O4/c1-15(2)28-19-10-8-18(9-11-19)24-14-17(12-21(24)25)22(26)23-13-16-6-4-5-7-20(16)27-3/h4-11,15,17H,12-14H2,1-3H3,(H,23,26). The van der Waals surface area contributed by atoms with E-state index in [-0.39, 0.29) is 30.3 Å². The van der Waals surface area contributed by atoms with E-state index in [2.05, 4.69) is 5.32 Å². The Bertz CT molecular complexity index is 833. The maximum Gasteiger partial charge on any atom is 0.227 e. The lowest BCUT2D eigenvalue weighted by molar-refractivity contribution is -0.126. The minimum Gasteiger partial charge on any atom is -0.496 e. The molecule has 1 saturated heterocycles. The topological polar surface area (TPSA) is 67.9 Å². The Morgan fingerprint density at radius 1 is 1.18 bits per heavy atom. The van der Waals surface area contributed by atoms with Crippen molar-refractivity contribution in [2.75, 3.05) is 18.6 Å². The summed E-state index contributed by atoms with van der Waals surface area (Å²) in [5.74, 6) is 0.956. The Morgan fingerprint density at radius 2 is 1.89 bits per heavy atom. The van der Waals surface area contributed by atoms with Crippen molar-refractivity contribution in [3.8, 4) is 11.5 Å². The zero-order valence-electron chi connectivity index (χ0n) is 16.5. The number of carbonyl (C=O) groups excluding carboxylic acids is 2. The van der Waals surface area contributed by atoms with Crippen LogP contribution in [0.2, 0.25) is 0 Å². The Labute approximate surface area is 165 Å². The van der Waals surface area contributed by atoms with Gasteiger partial charge in [-0.25, -0.2) is 0 Å². The summed E-state index contributed by atoms with van der Waals surface area (Å²) in [6.45, 7) is 4.67. The molecule has 0 aromatic heterocycles. The van der Waals surface area contributed by atoms with Gasteiger partial charge in [-0.05, 0) is 44.2 Å². The summed E-state index contributed by atoms with van der Waals surface area (Å²) in [5.41, 5.74) is 1.68. The summed E-state index contributed by atoms with van der Waals surface area (Å²) in [5, 5.41) is 2.92. The molecule has 1 aliphatic heterocycles. The number of nitrogens with one attached hydrogen (secondary N) is 1. The first-order valence-corrected chi connectivity index (χ1v) is 9.44. The molecule has 1 atom stereocenters. The number of carbonyl (C=O) groups is 2. The molecule has 2 aromatic carbocycles. The molecule has 0 aliphatic carbocycles. The second-order valence-corrected chi connectivity index (χ2v) is 7.10. The van der Waals surface area contributed by atoms with E-state index in [4.69, 9.17) is 9.47 Å². The average molecular weight is 382 g/mol. The van der Waals surface area contributed by atoms with Gasteiger partial charge in [-0.3, -0.25) is 9.59 Å². The van der Waals surface area contributed by atoms with Gasteiger partial charge in [0.25, 0.3) is 0 Å². The molecule has 6 nitrogen and oxygen atoms in total. The highest BCUT2D eigenvalue weighted by Crippen LogP contribution is 2.27. The van der Waals surface area contributed by atoms with E-state index < -0.39 is 0 Å². The Balaban J connectivity index is 1.59. The van der Waals surface area contributed by atoms with Crippen LogP contribution in [0, 0.1) is 5.92 Å². The van der Waals surface area contributed by atoms with E-state index in [1.165, 1.54) is 0 Å². The molecule has 0 bridgehead atoms. The molecule has 28 heavy (non-hydrogen) atoms. The fourth-order valence-corrected chi connectivity index (χ4v) is 3.29. The smallest absolute Gasteiger partial charge is 0.227 e. The zero-order chi connectivity index (χ0) is 20.1. The van der Waals surface area contributed by atoms with Gasteiger partial charge in [0.15, 0.2) is 0 Å². The Kier molecular flexibility index (Phi) is 6.19. The number of amides is 2. The second-order valence-electron chi connectivity index (χ2n) is 7.10. The van der Waals surface area contributed by atoms with Crippen LogP contribution in [0.5, 0.6) is 11.5 Å². The third-order valence-electron chi connectivity index (χ3n) is 4.66. The van der Waals surface area contributed by atoms with E-state index in [0.717, 1.165) is 22.7 Å². The molecule has 1 unspecified atom stereocenters. The van der Waals surface area contributed by atoms with Crippen molar-refractivity contribution in [3.05, 3.63) is 54.1 Å². The number of benzene rings is 2. The number of nitrogens with zero attached hydrogens (tertiary/aromatic N) is 1. The van der Waals surface area contributed by atoms with Crippen molar-refractivity contribution < 1.29 is 19.1 Å². The number of anilines is 1. The van der Waals surface area contributed by atoms with Gasteiger partial charge >= 0.3 is 0 Å². The minimum absolute atomic E-state index is 0.0463. The molecule has 148 valence electrons. The first-order valence-electron chi connectivity index (χ1n) is 9.44. The van der Waals surface area contributed by atoms with E-state index in [9.17, 15) is 9.59 Å². The van der Waals surface area contributed by atoms with Gasteiger partial charge in [-0.2, -0.15) is 0 Å². The predicted molar refractivity (Wildman–Crippen MR) is 108 cm³/mol. The number of hydrogen-bond acceptors (Lipinski definition) is 4. The normalized spacial score (nSPS) is 16.4. The molecule has 6 heteroatoms. The van der Waals surface area contributed by atoms with E-state index in [1.807, 2.05) is 62.4 Å². The lowest BCUT2D eigenvalue weighted by Crippen LogP contribution is -2.32. The number of rotatable bonds is 7. The summed E-state index contributed by atoms with van der Waals surface area (Å²) in [6, 6.07) is 14.9. The van der Waals surface area contributed by atoms with Crippen LogP contribution < -0.4 is 19.7 Å². The van der Waals surface area contributed by atoms with Crippen LogP contribution in [0.1, 0.15) is 25.8 Å². The summed E-state index contributed by atoms with van der Waals surface area (Å²) >= 11 is 0. The number of para-hydroxylation sites is 1. The summed E-state index contributed by atoms with van der Waals surface area (Å²) in [7, 11) is 1.60. The lowest BCUT2D eigenvalue weighted by atomic mass is 10.1. The van der Waals surface area contributed by atoms with Crippen LogP contribution in [-0.4, -0.2) is 31.6 Å². The molecule has 1 aliphatic rings. The van der Waals surface area contributed by atoms with Crippen molar-refractivity contribution in [1.82, 2.24) is 5.32 Å². The molecule has 2 aromatic rings. The fraction of sp³-hybridized carbons (Fsp3) is 0.364. The molecule has 0 spiro atoms. The molecule has 0 radical (unpaired) electrons. The van der Waals surface area contributed by atoms with Gasteiger partial charge < -0.3 is 19.7 Å². The first kappa shape index (κ1) is 19.7. The molecule has 2 amide bonds. The lowest BCUT2D eigenvalue weighted by Gasteiger charge is -2.18. The molecule has 0 saturated carbocycles. The van der Waals surface area contributed by atoms with Crippen LogP contribution in [0.3, 0.4) is 0 Å². The van der Waals surface area contributed by atoms with Crippen molar-refractivity contribution in [2.24, 2.45) is 5.92 Å². The summed E-state index contributed by atoms with van der Waals surface area (Å²) in [6.07, 6.45) is 0.303. The summed E-state index contributed by atoms with van der Waals surface area (Å²) in [4.78, 5) is 26.6. The van der Waals surface area contributed by atoms with Crippen molar-refractivity contribution in [2.45, 2.75) is 32.9 Å². The minimum atomic E-state index is -0.367. The zero-order valence-corrected chi connectivity index (χ0v) is 16.5. The first-order chi connectivity index (χ1) is 13.5. The largest absolute Gasteiger partial charge is 0.496 e. The quantitative estimate of drug-likeness (QED) is 0.799. The highest BCUT2D eigenvalue weighted by molar-refractivity contribution is 6.00. The van der Waals surface area contributed by atoms with Gasteiger partial charge in [0.1, 0.15) is 11.5 Å². The average Bonchev–Trinajstić information content (AvgIpc) is 3.08. The Morgan fingerprint density at radius 3 is 2.57 bits per heavy atom. The van der Waals surface area contributed by atoms with E-state index >= 15 is 0 Å². The van der Waals surface area contributed by atoms with Crippen LogP contribution in [0.25, 0.3) is 0 Å². The van der Waals surface area contributed by atoms with Gasteiger partial charge in [-0.1, -0.05) is 18.2 Å². The van der Waals surface area contributed by atoms with Crippen LogP contribution >= 0.6 is 0 Å². The Hall–Kier alpha value is -3.02. The maximum atomic E-state index is 12.6. The SMILES string of the molecule is COc1ccccc1CNC(=O)C1CC(=O)N(c2ccc(OC(C)C)cc2)C1. The molecular weight excluding hydrogens is 356 g/mol.